The molecule has 1 aromatic carbocycles. The van der Waals surface area contributed by atoms with Gasteiger partial charge in [0.2, 0.25) is 5.91 Å². The van der Waals surface area contributed by atoms with Crippen molar-refractivity contribution in [2.24, 2.45) is 0 Å². The second-order valence-corrected chi connectivity index (χ2v) is 6.20. The van der Waals surface area contributed by atoms with Gasteiger partial charge in [-0.3, -0.25) is 9.59 Å². The van der Waals surface area contributed by atoms with Crippen LogP contribution in [-0.4, -0.2) is 46.3 Å². The van der Waals surface area contributed by atoms with Gasteiger partial charge in [0.05, 0.1) is 12.2 Å². The van der Waals surface area contributed by atoms with E-state index in [0.717, 1.165) is 35.5 Å². The van der Waals surface area contributed by atoms with Crippen LogP contribution < -0.4 is 5.32 Å². The van der Waals surface area contributed by atoms with Crippen molar-refractivity contribution in [1.82, 2.24) is 20.2 Å². The molecule has 1 saturated heterocycles. The maximum atomic E-state index is 12.5. The van der Waals surface area contributed by atoms with Gasteiger partial charge in [-0.1, -0.05) is 25.5 Å². The zero-order valence-electron chi connectivity index (χ0n) is 14.6. The van der Waals surface area contributed by atoms with Crippen LogP contribution >= 0.6 is 0 Å². The molecule has 1 aliphatic rings. The number of nitrogens with zero attached hydrogens (tertiary/aromatic N) is 3. The van der Waals surface area contributed by atoms with E-state index in [4.69, 9.17) is 0 Å². The van der Waals surface area contributed by atoms with E-state index >= 15 is 0 Å². The van der Waals surface area contributed by atoms with Gasteiger partial charge in [0.25, 0.3) is 5.91 Å². The molecule has 130 valence electrons. The number of benzene rings is 1. The number of piperazine rings is 1. The number of hydrogen-bond acceptors (Lipinski definition) is 4. The van der Waals surface area contributed by atoms with Gasteiger partial charge in [-0.2, -0.15) is 0 Å². The van der Waals surface area contributed by atoms with E-state index in [1.54, 1.807) is 17.0 Å². The third kappa shape index (κ3) is 3.84. The number of aromatic nitrogens is 2. The summed E-state index contributed by atoms with van der Waals surface area (Å²) >= 11 is 0. The van der Waals surface area contributed by atoms with Crippen molar-refractivity contribution >= 4 is 11.8 Å². The zero-order valence-corrected chi connectivity index (χ0v) is 14.6. The van der Waals surface area contributed by atoms with Crippen LogP contribution in [0.2, 0.25) is 0 Å². The first-order valence-electron chi connectivity index (χ1n) is 8.57. The van der Waals surface area contributed by atoms with E-state index in [1.807, 2.05) is 25.3 Å². The summed E-state index contributed by atoms with van der Waals surface area (Å²) in [6, 6.07) is 7.44. The lowest BCUT2D eigenvalue weighted by atomic mass is 10.0. The van der Waals surface area contributed by atoms with Gasteiger partial charge in [-0.15, -0.1) is 0 Å². The van der Waals surface area contributed by atoms with Crippen LogP contribution in [0, 0.1) is 6.92 Å². The average molecular weight is 338 g/mol. The second-order valence-electron chi connectivity index (χ2n) is 6.20. The van der Waals surface area contributed by atoms with Crippen molar-refractivity contribution in [1.29, 1.82) is 0 Å². The van der Waals surface area contributed by atoms with Crippen molar-refractivity contribution in [2.75, 3.05) is 19.6 Å². The zero-order chi connectivity index (χ0) is 17.8. The van der Waals surface area contributed by atoms with Crippen molar-refractivity contribution in [2.45, 2.75) is 26.7 Å². The number of aryl methyl sites for hydroxylation is 2. The van der Waals surface area contributed by atoms with Gasteiger partial charge in [-0.25, -0.2) is 9.97 Å². The van der Waals surface area contributed by atoms with Crippen molar-refractivity contribution < 1.29 is 9.59 Å². The first-order chi connectivity index (χ1) is 12.1. The number of carbonyl (C=O) groups excluding carboxylic acids is 2. The number of nitrogens with one attached hydrogen (secondary N) is 1. The van der Waals surface area contributed by atoms with Crippen LogP contribution in [0.1, 0.15) is 35.1 Å². The van der Waals surface area contributed by atoms with Crippen molar-refractivity contribution in [3.63, 3.8) is 0 Å². The average Bonchev–Trinajstić information content (AvgIpc) is 2.63. The molecule has 2 aromatic rings. The van der Waals surface area contributed by atoms with Gasteiger partial charge >= 0.3 is 0 Å². The largest absolute Gasteiger partial charge is 0.353 e. The molecular weight excluding hydrogens is 316 g/mol. The molecule has 0 unspecified atom stereocenters. The quantitative estimate of drug-likeness (QED) is 0.925. The summed E-state index contributed by atoms with van der Waals surface area (Å²) in [5.74, 6) is 0.500. The molecule has 0 atom stereocenters. The number of rotatable bonds is 4. The lowest BCUT2D eigenvalue weighted by molar-refractivity contribution is -0.123. The Bertz CT molecular complexity index is 787. The molecule has 0 spiro atoms. The maximum Gasteiger partial charge on any atom is 0.254 e. The fourth-order valence-corrected chi connectivity index (χ4v) is 2.96. The minimum Gasteiger partial charge on any atom is -0.353 e. The van der Waals surface area contributed by atoms with E-state index < -0.39 is 0 Å². The molecule has 6 heteroatoms. The third-order valence-corrected chi connectivity index (χ3v) is 4.24. The Labute approximate surface area is 147 Å². The predicted molar refractivity (Wildman–Crippen MR) is 95.1 cm³/mol. The summed E-state index contributed by atoms with van der Waals surface area (Å²) in [6.07, 6.45) is 3.82. The Morgan fingerprint density at radius 3 is 2.72 bits per heavy atom. The van der Waals surface area contributed by atoms with Crippen LogP contribution in [0.3, 0.4) is 0 Å². The van der Waals surface area contributed by atoms with E-state index in [9.17, 15) is 9.59 Å². The van der Waals surface area contributed by atoms with Crippen LogP contribution in [0.25, 0.3) is 11.3 Å². The highest BCUT2D eigenvalue weighted by Gasteiger charge is 2.22. The Kier molecular flexibility index (Phi) is 5.07. The summed E-state index contributed by atoms with van der Waals surface area (Å²) in [5.41, 5.74) is 3.59. The Morgan fingerprint density at radius 1 is 1.28 bits per heavy atom. The molecule has 1 N–H and O–H groups in total. The Hall–Kier alpha value is -2.76. The monoisotopic (exact) mass is 338 g/mol. The second kappa shape index (κ2) is 7.42. The van der Waals surface area contributed by atoms with Gasteiger partial charge in [0.1, 0.15) is 5.82 Å². The third-order valence-electron chi connectivity index (χ3n) is 4.24. The minimum absolute atomic E-state index is 0.114. The van der Waals surface area contributed by atoms with Gasteiger partial charge in [0.15, 0.2) is 0 Å². The Balaban J connectivity index is 1.84. The smallest absolute Gasteiger partial charge is 0.254 e. The molecule has 0 radical (unpaired) electrons. The molecule has 0 saturated carbocycles. The maximum absolute atomic E-state index is 12.5. The van der Waals surface area contributed by atoms with Crippen LogP contribution in [0.15, 0.2) is 30.5 Å². The molecule has 3 rings (SSSR count). The molecule has 1 aromatic heterocycles. The van der Waals surface area contributed by atoms with E-state index in [2.05, 4.69) is 22.2 Å². The SMILES string of the molecule is CCCc1cnc(C)nc1-c1ccc(C(=O)N2CCNC(=O)C2)cc1. The Morgan fingerprint density at radius 2 is 2.04 bits per heavy atom. The molecule has 2 amide bonds. The normalized spacial score (nSPS) is 14.3. The summed E-state index contributed by atoms with van der Waals surface area (Å²) in [4.78, 5) is 34.4. The van der Waals surface area contributed by atoms with Gasteiger partial charge in [-0.05, 0) is 31.0 Å². The summed E-state index contributed by atoms with van der Waals surface area (Å²) in [7, 11) is 0. The highest BCUT2D eigenvalue weighted by Crippen LogP contribution is 2.23. The first-order valence-corrected chi connectivity index (χ1v) is 8.57. The van der Waals surface area contributed by atoms with Gasteiger partial charge in [0, 0.05) is 30.4 Å². The van der Waals surface area contributed by atoms with Crippen LogP contribution in [-0.2, 0) is 11.2 Å². The van der Waals surface area contributed by atoms with E-state index in [-0.39, 0.29) is 18.4 Å². The summed E-state index contributed by atoms with van der Waals surface area (Å²) in [5, 5.41) is 2.73. The lowest BCUT2D eigenvalue weighted by Crippen LogP contribution is -2.49. The molecule has 0 aliphatic carbocycles. The number of hydrogen-bond donors (Lipinski definition) is 1. The molecule has 1 aliphatic heterocycles. The topological polar surface area (TPSA) is 75.2 Å². The van der Waals surface area contributed by atoms with Crippen LogP contribution in [0.4, 0.5) is 0 Å². The van der Waals surface area contributed by atoms with Crippen molar-refractivity contribution in [3.8, 4) is 11.3 Å². The molecule has 25 heavy (non-hydrogen) atoms. The molecule has 1 fully saturated rings. The van der Waals surface area contributed by atoms with Crippen LogP contribution in [0.5, 0.6) is 0 Å². The van der Waals surface area contributed by atoms with E-state index in [1.165, 1.54) is 0 Å². The van der Waals surface area contributed by atoms with E-state index in [0.29, 0.717) is 18.7 Å². The van der Waals surface area contributed by atoms with Crippen molar-refractivity contribution in [3.05, 3.63) is 47.4 Å². The summed E-state index contributed by atoms with van der Waals surface area (Å²) in [6.45, 7) is 5.16. The molecule has 0 bridgehead atoms. The number of amides is 2. The standard InChI is InChI=1S/C19H22N4O2/c1-3-4-16-11-21-13(2)22-18(16)14-5-7-15(8-6-14)19(25)23-10-9-20-17(24)12-23/h5-8,11H,3-4,9-10,12H2,1-2H3,(H,20,24). The molecule has 6 nitrogen and oxygen atoms in total. The lowest BCUT2D eigenvalue weighted by Gasteiger charge is -2.26. The van der Waals surface area contributed by atoms with Gasteiger partial charge < -0.3 is 10.2 Å². The number of carbonyl (C=O) groups is 2. The fraction of sp³-hybridized carbons (Fsp3) is 0.368. The predicted octanol–water partition coefficient (Wildman–Crippen LogP) is 1.98. The first kappa shape index (κ1) is 17.1. The highest BCUT2D eigenvalue weighted by molar-refractivity contribution is 5.97. The fourth-order valence-electron chi connectivity index (χ4n) is 2.96. The summed E-state index contributed by atoms with van der Waals surface area (Å²) < 4.78 is 0. The molecule has 2 heterocycles. The molecular formula is C19H22N4O2. The minimum atomic E-state index is -0.117. The highest BCUT2D eigenvalue weighted by atomic mass is 16.2.